The van der Waals surface area contributed by atoms with Gasteiger partial charge in [-0.25, -0.2) is 0 Å². The number of rotatable bonds is 5. The number of nitrogens with zero attached hydrogens (tertiary/aromatic N) is 1. The number of hydrogen-bond donors (Lipinski definition) is 2. The molecule has 0 aliphatic carbocycles. The third kappa shape index (κ3) is 4.81. The molecule has 1 fully saturated rings. The molecule has 0 atom stereocenters. The van der Waals surface area contributed by atoms with E-state index in [1.54, 1.807) is 17.0 Å². The van der Waals surface area contributed by atoms with Crippen molar-refractivity contribution < 1.29 is 14.3 Å². The van der Waals surface area contributed by atoms with Gasteiger partial charge in [0, 0.05) is 30.0 Å². The number of nitrogens with one attached hydrogen (secondary N) is 2. The lowest BCUT2D eigenvalue weighted by Crippen LogP contribution is -2.40. The summed E-state index contributed by atoms with van der Waals surface area (Å²) in [6.45, 7) is 2.49. The van der Waals surface area contributed by atoms with E-state index in [-0.39, 0.29) is 18.4 Å². The molecule has 1 heterocycles. The number of morpholine rings is 1. The number of amides is 2. The summed E-state index contributed by atoms with van der Waals surface area (Å²) in [4.78, 5) is 26.3. The summed E-state index contributed by atoms with van der Waals surface area (Å²) in [6.07, 6.45) is 0. The lowest BCUT2D eigenvalue weighted by molar-refractivity contribution is -0.114. The van der Waals surface area contributed by atoms with Gasteiger partial charge in [-0.15, -0.1) is 0 Å². The second-order valence-corrected chi connectivity index (χ2v) is 5.75. The summed E-state index contributed by atoms with van der Waals surface area (Å²) in [5, 5.41) is 5.87. The predicted molar refractivity (Wildman–Crippen MR) is 96.7 cm³/mol. The van der Waals surface area contributed by atoms with Crippen LogP contribution >= 0.6 is 0 Å². The maximum atomic E-state index is 12.5. The number of carbonyl (C=O) groups is 2. The molecular weight excluding hydrogens is 318 g/mol. The van der Waals surface area contributed by atoms with Crippen molar-refractivity contribution in [3.05, 3.63) is 60.2 Å². The molecule has 2 N–H and O–H groups in total. The van der Waals surface area contributed by atoms with Crippen LogP contribution in [0.5, 0.6) is 0 Å². The normalized spacial score (nSPS) is 14.0. The van der Waals surface area contributed by atoms with Crippen molar-refractivity contribution in [2.24, 2.45) is 0 Å². The second-order valence-electron chi connectivity index (χ2n) is 5.75. The molecule has 0 radical (unpaired) electrons. The average Bonchev–Trinajstić information content (AvgIpc) is 2.67. The summed E-state index contributed by atoms with van der Waals surface area (Å²) in [7, 11) is 0. The molecule has 130 valence electrons. The monoisotopic (exact) mass is 339 g/mol. The minimum absolute atomic E-state index is 0.0133. The number of anilines is 2. The molecule has 0 aromatic heterocycles. The smallest absolute Gasteiger partial charge is 0.254 e. The largest absolute Gasteiger partial charge is 0.378 e. The van der Waals surface area contributed by atoms with Gasteiger partial charge in [0.25, 0.3) is 5.91 Å². The molecule has 0 unspecified atom stereocenters. The van der Waals surface area contributed by atoms with E-state index in [0.717, 1.165) is 11.4 Å². The highest BCUT2D eigenvalue weighted by molar-refractivity contribution is 5.96. The van der Waals surface area contributed by atoms with E-state index in [0.29, 0.717) is 31.9 Å². The van der Waals surface area contributed by atoms with Crippen LogP contribution in [0.3, 0.4) is 0 Å². The van der Waals surface area contributed by atoms with Crippen LogP contribution < -0.4 is 10.6 Å². The van der Waals surface area contributed by atoms with Gasteiger partial charge < -0.3 is 20.3 Å². The highest BCUT2D eigenvalue weighted by Crippen LogP contribution is 2.14. The van der Waals surface area contributed by atoms with E-state index < -0.39 is 0 Å². The van der Waals surface area contributed by atoms with Crippen molar-refractivity contribution in [3.8, 4) is 0 Å². The third-order valence-corrected chi connectivity index (χ3v) is 3.92. The Kier molecular flexibility index (Phi) is 5.64. The Morgan fingerprint density at radius 2 is 1.68 bits per heavy atom. The van der Waals surface area contributed by atoms with E-state index in [1.165, 1.54) is 0 Å². The fraction of sp³-hybridized carbons (Fsp3) is 0.263. The second kappa shape index (κ2) is 8.30. The van der Waals surface area contributed by atoms with E-state index in [2.05, 4.69) is 10.6 Å². The van der Waals surface area contributed by atoms with Gasteiger partial charge in [-0.1, -0.05) is 24.3 Å². The van der Waals surface area contributed by atoms with Gasteiger partial charge in [0.1, 0.15) is 0 Å². The minimum atomic E-state index is -0.142. The quantitative estimate of drug-likeness (QED) is 0.876. The summed E-state index contributed by atoms with van der Waals surface area (Å²) in [5.41, 5.74) is 2.10. The Hall–Kier alpha value is -2.86. The zero-order valence-electron chi connectivity index (χ0n) is 13.9. The molecular formula is C19H21N3O3. The number of para-hydroxylation sites is 1. The molecule has 2 aromatic rings. The Balaban J connectivity index is 1.56. The Morgan fingerprint density at radius 3 is 2.44 bits per heavy atom. The lowest BCUT2D eigenvalue weighted by atomic mass is 10.1. The highest BCUT2D eigenvalue weighted by atomic mass is 16.5. The molecule has 1 saturated heterocycles. The topological polar surface area (TPSA) is 70.7 Å². The molecule has 6 heteroatoms. The van der Waals surface area contributed by atoms with Gasteiger partial charge in [-0.2, -0.15) is 0 Å². The Bertz CT molecular complexity index is 728. The minimum Gasteiger partial charge on any atom is -0.378 e. The van der Waals surface area contributed by atoms with Crippen LogP contribution in [-0.4, -0.2) is 49.6 Å². The summed E-state index contributed by atoms with van der Waals surface area (Å²) in [5.74, 6) is -0.156. The standard InChI is InChI=1S/C19H21N3O3/c23-18(21-16-6-2-1-3-7-16)14-20-17-8-4-5-15(13-17)19(24)22-9-11-25-12-10-22/h1-8,13,20H,9-12,14H2,(H,21,23). The molecule has 0 spiro atoms. The molecule has 1 aliphatic heterocycles. The average molecular weight is 339 g/mol. The van der Waals surface area contributed by atoms with Gasteiger partial charge in [0.15, 0.2) is 0 Å². The maximum Gasteiger partial charge on any atom is 0.254 e. The molecule has 0 bridgehead atoms. The van der Waals surface area contributed by atoms with Crippen LogP contribution in [0.2, 0.25) is 0 Å². The molecule has 2 amide bonds. The van der Waals surface area contributed by atoms with Crippen LogP contribution in [0.15, 0.2) is 54.6 Å². The number of ether oxygens (including phenoxy) is 1. The van der Waals surface area contributed by atoms with Gasteiger partial charge in [-0.05, 0) is 30.3 Å². The van der Waals surface area contributed by atoms with Crippen LogP contribution in [0.1, 0.15) is 10.4 Å². The highest BCUT2D eigenvalue weighted by Gasteiger charge is 2.18. The van der Waals surface area contributed by atoms with Gasteiger partial charge >= 0.3 is 0 Å². The number of carbonyl (C=O) groups excluding carboxylic acids is 2. The zero-order valence-corrected chi connectivity index (χ0v) is 13.9. The summed E-state index contributed by atoms with van der Waals surface area (Å²) in [6, 6.07) is 16.5. The molecule has 25 heavy (non-hydrogen) atoms. The maximum absolute atomic E-state index is 12.5. The van der Waals surface area contributed by atoms with E-state index >= 15 is 0 Å². The summed E-state index contributed by atoms with van der Waals surface area (Å²) >= 11 is 0. The number of hydrogen-bond acceptors (Lipinski definition) is 4. The van der Waals surface area contributed by atoms with Crippen LogP contribution in [-0.2, 0) is 9.53 Å². The molecule has 6 nitrogen and oxygen atoms in total. The fourth-order valence-electron chi connectivity index (χ4n) is 2.62. The van der Waals surface area contributed by atoms with Crippen molar-refractivity contribution in [1.29, 1.82) is 0 Å². The summed E-state index contributed by atoms with van der Waals surface area (Å²) < 4.78 is 5.27. The lowest BCUT2D eigenvalue weighted by Gasteiger charge is -2.27. The van der Waals surface area contributed by atoms with Crippen molar-refractivity contribution in [2.75, 3.05) is 43.5 Å². The first-order chi connectivity index (χ1) is 12.2. The van der Waals surface area contributed by atoms with Crippen molar-refractivity contribution in [3.63, 3.8) is 0 Å². The zero-order chi connectivity index (χ0) is 17.5. The van der Waals surface area contributed by atoms with Gasteiger partial charge in [0.05, 0.1) is 19.8 Å². The number of benzene rings is 2. The van der Waals surface area contributed by atoms with Crippen molar-refractivity contribution in [1.82, 2.24) is 4.90 Å². The van der Waals surface area contributed by atoms with E-state index in [9.17, 15) is 9.59 Å². The predicted octanol–water partition coefficient (Wildman–Crippen LogP) is 2.21. The Labute approximate surface area is 146 Å². The first-order valence-electron chi connectivity index (χ1n) is 8.28. The van der Waals surface area contributed by atoms with Gasteiger partial charge in [-0.3, -0.25) is 9.59 Å². The van der Waals surface area contributed by atoms with Crippen molar-refractivity contribution in [2.45, 2.75) is 0 Å². The first kappa shape index (κ1) is 17.0. The third-order valence-electron chi connectivity index (χ3n) is 3.92. The van der Waals surface area contributed by atoms with Crippen molar-refractivity contribution >= 4 is 23.2 Å². The SMILES string of the molecule is O=C(CNc1cccc(C(=O)N2CCOCC2)c1)Nc1ccccc1. The first-order valence-corrected chi connectivity index (χ1v) is 8.28. The van der Waals surface area contributed by atoms with Gasteiger partial charge in [0.2, 0.25) is 5.91 Å². The molecule has 0 saturated carbocycles. The van der Waals surface area contributed by atoms with E-state index in [1.807, 2.05) is 42.5 Å². The molecule has 1 aliphatic rings. The van der Waals surface area contributed by atoms with Crippen LogP contribution in [0, 0.1) is 0 Å². The van der Waals surface area contributed by atoms with Crippen LogP contribution in [0.4, 0.5) is 11.4 Å². The fourth-order valence-corrected chi connectivity index (χ4v) is 2.62. The Morgan fingerprint density at radius 1 is 0.960 bits per heavy atom. The van der Waals surface area contributed by atoms with Crippen LogP contribution in [0.25, 0.3) is 0 Å². The molecule has 2 aromatic carbocycles. The van der Waals surface area contributed by atoms with E-state index in [4.69, 9.17) is 4.74 Å². The molecule has 3 rings (SSSR count).